The first-order valence-electron chi connectivity index (χ1n) is 11.8. The van der Waals surface area contributed by atoms with Crippen LogP contribution in [-0.2, 0) is 0 Å². The molecular formula is C26H26ClN7O4. The zero-order chi connectivity index (χ0) is 27.1. The van der Waals surface area contributed by atoms with E-state index in [0.717, 1.165) is 5.56 Å². The third kappa shape index (κ3) is 4.08. The van der Waals surface area contributed by atoms with Gasteiger partial charge < -0.3 is 18.8 Å². The van der Waals surface area contributed by atoms with Gasteiger partial charge in [-0.2, -0.15) is 10.1 Å². The molecule has 0 saturated carbocycles. The third-order valence-corrected chi connectivity index (χ3v) is 6.51. The predicted molar refractivity (Wildman–Crippen MR) is 140 cm³/mol. The lowest BCUT2D eigenvalue weighted by Crippen LogP contribution is -2.31. The molecule has 1 unspecified atom stereocenters. The maximum atomic E-state index is 14.1. The zero-order valence-electron chi connectivity index (χ0n) is 21.8. The molecule has 1 atom stereocenters. The molecule has 4 aromatic rings. The molecule has 3 aromatic heterocycles. The van der Waals surface area contributed by atoms with E-state index < -0.39 is 6.04 Å². The molecule has 4 heterocycles. The number of amides is 1. The quantitative estimate of drug-likeness (QED) is 0.338. The number of carbonyl (C=O) groups excluding carboxylic acids is 1. The first kappa shape index (κ1) is 25.4. The van der Waals surface area contributed by atoms with E-state index in [1.807, 2.05) is 37.5 Å². The van der Waals surface area contributed by atoms with E-state index >= 15 is 0 Å². The van der Waals surface area contributed by atoms with Crippen molar-refractivity contribution < 1.29 is 19.0 Å². The molecule has 12 heteroatoms. The van der Waals surface area contributed by atoms with Crippen molar-refractivity contribution in [3.05, 3.63) is 64.2 Å². The maximum absolute atomic E-state index is 14.1. The Morgan fingerprint density at radius 1 is 0.974 bits per heavy atom. The molecule has 0 spiro atoms. The highest BCUT2D eigenvalue weighted by atomic mass is 35.5. The molecule has 0 aliphatic carbocycles. The number of anilines is 1. The van der Waals surface area contributed by atoms with Crippen molar-refractivity contribution in [3.8, 4) is 29.2 Å². The van der Waals surface area contributed by atoms with Gasteiger partial charge in [-0.3, -0.25) is 9.69 Å². The van der Waals surface area contributed by atoms with E-state index in [-0.39, 0.29) is 29.7 Å². The van der Waals surface area contributed by atoms with E-state index in [1.54, 1.807) is 29.3 Å². The third-order valence-electron chi connectivity index (χ3n) is 6.25. The molecule has 1 aliphatic rings. The van der Waals surface area contributed by atoms with Crippen molar-refractivity contribution in [1.82, 2.24) is 29.7 Å². The molecule has 0 saturated heterocycles. The van der Waals surface area contributed by atoms with Crippen molar-refractivity contribution in [2.24, 2.45) is 0 Å². The van der Waals surface area contributed by atoms with E-state index in [2.05, 4.69) is 20.2 Å². The second kappa shape index (κ2) is 9.90. The van der Waals surface area contributed by atoms with Crippen LogP contribution in [0.3, 0.4) is 0 Å². The van der Waals surface area contributed by atoms with Crippen LogP contribution in [-0.4, -0.2) is 57.0 Å². The molecule has 196 valence electrons. The Bertz CT molecular complexity index is 1520. The minimum absolute atomic E-state index is 0.0881. The van der Waals surface area contributed by atoms with Crippen LogP contribution in [0.15, 0.2) is 36.5 Å². The summed E-state index contributed by atoms with van der Waals surface area (Å²) in [6.45, 7) is 5.85. The normalized spacial score (nSPS) is 14.7. The molecule has 0 N–H and O–H groups in total. The minimum Gasteiger partial charge on any atom is -0.480 e. The standard InChI is InChI=1S/C26H26ClN7O4/c1-13(2)33-21-19(29-22(33)17-12-28-26(38-6)30-23(17)36-4)25(35)34(18-11-14(3)31-32-24(18)37-5)20(21)15-7-9-16(27)10-8-15/h7-13,20H,1-6H3. The van der Waals surface area contributed by atoms with Crippen LogP contribution >= 0.6 is 11.6 Å². The lowest BCUT2D eigenvalue weighted by molar-refractivity contribution is 0.0988. The Hall–Kier alpha value is -4.25. The summed E-state index contributed by atoms with van der Waals surface area (Å²) >= 11 is 6.22. The average Bonchev–Trinajstić information content (AvgIpc) is 3.43. The number of halogens is 1. The Labute approximate surface area is 224 Å². The van der Waals surface area contributed by atoms with Crippen molar-refractivity contribution in [1.29, 1.82) is 0 Å². The summed E-state index contributed by atoms with van der Waals surface area (Å²) in [4.78, 5) is 29.2. The number of aromatic nitrogens is 6. The van der Waals surface area contributed by atoms with E-state index in [9.17, 15) is 4.79 Å². The monoisotopic (exact) mass is 535 g/mol. The van der Waals surface area contributed by atoms with Gasteiger partial charge in [-0.25, -0.2) is 9.97 Å². The molecule has 1 aliphatic heterocycles. The summed E-state index contributed by atoms with van der Waals surface area (Å²) in [6.07, 6.45) is 1.58. The number of fused-ring (bicyclic) bond motifs is 1. The molecule has 1 aromatic carbocycles. The number of imidazole rings is 1. The van der Waals surface area contributed by atoms with Crippen molar-refractivity contribution in [2.45, 2.75) is 32.9 Å². The van der Waals surface area contributed by atoms with Gasteiger partial charge in [0.1, 0.15) is 17.6 Å². The Balaban J connectivity index is 1.79. The van der Waals surface area contributed by atoms with Gasteiger partial charge in [-0.15, -0.1) is 5.10 Å². The number of hydrogen-bond acceptors (Lipinski definition) is 9. The van der Waals surface area contributed by atoms with Crippen LogP contribution in [0.2, 0.25) is 5.02 Å². The minimum atomic E-state index is -0.555. The molecule has 11 nitrogen and oxygen atoms in total. The molecule has 0 fully saturated rings. The van der Waals surface area contributed by atoms with Crippen LogP contribution in [0.25, 0.3) is 11.4 Å². The fraction of sp³-hybridized carbons (Fsp3) is 0.308. The number of nitrogens with zero attached hydrogens (tertiary/aromatic N) is 7. The highest BCUT2D eigenvalue weighted by Gasteiger charge is 2.46. The Morgan fingerprint density at radius 2 is 1.68 bits per heavy atom. The van der Waals surface area contributed by atoms with Crippen LogP contribution in [0.1, 0.15) is 53.4 Å². The zero-order valence-corrected chi connectivity index (χ0v) is 22.5. The van der Waals surface area contributed by atoms with Crippen LogP contribution in [0.4, 0.5) is 5.69 Å². The highest BCUT2D eigenvalue weighted by Crippen LogP contribution is 2.47. The Kier molecular flexibility index (Phi) is 6.62. The number of ether oxygens (including phenoxy) is 3. The number of aryl methyl sites for hydroxylation is 1. The molecule has 0 bridgehead atoms. The van der Waals surface area contributed by atoms with Gasteiger partial charge in [-0.05, 0) is 44.5 Å². The van der Waals surface area contributed by atoms with Gasteiger partial charge in [0.2, 0.25) is 5.88 Å². The van der Waals surface area contributed by atoms with Crippen LogP contribution in [0.5, 0.6) is 17.8 Å². The largest absolute Gasteiger partial charge is 0.480 e. The molecular weight excluding hydrogens is 510 g/mol. The fourth-order valence-electron chi connectivity index (χ4n) is 4.67. The van der Waals surface area contributed by atoms with Gasteiger partial charge in [0.15, 0.2) is 5.69 Å². The SMILES string of the molecule is COc1ncc(-c2nc3c(n2C(C)C)C(c2ccc(Cl)cc2)N(c2cc(C)nnc2OC)C3=O)c(OC)n1. The fourth-order valence-corrected chi connectivity index (χ4v) is 4.80. The van der Waals surface area contributed by atoms with E-state index in [0.29, 0.717) is 39.2 Å². The van der Waals surface area contributed by atoms with Crippen LogP contribution in [0, 0.1) is 6.92 Å². The van der Waals surface area contributed by atoms with Crippen molar-refractivity contribution >= 4 is 23.2 Å². The second-order valence-electron chi connectivity index (χ2n) is 8.92. The summed E-state index contributed by atoms with van der Waals surface area (Å²) in [5.41, 5.74) is 3.50. The highest BCUT2D eigenvalue weighted by molar-refractivity contribution is 6.30. The lowest BCUT2D eigenvalue weighted by atomic mass is 10.0. The predicted octanol–water partition coefficient (Wildman–Crippen LogP) is 4.45. The Morgan fingerprint density at radius 3 is 2.32 bits per heavy atom. The summed E-state index contributed by atoms with van der Waals surface area (Å²) in [5.74, 6) is 0.715. The van der Waals surface area contributed by atoms with E-state index in [4.69, 9.17) is 30.8 Å². The van der Waals surface area contributed by atoms with Crippen molar-refractivity contribution in [3.63, 3.8) is 0 Å². The maximum Gasteiger partial charge on any atom is 0.319 e. The van der Waals surface area contributed by atoms with E-state index in [1.165, 1.54) is 21.3 Å². The van der Waals surface area contributed by atoms with Gasteiger partial charge >= 0.3 is 6.01 Å². The first-order valence-corrected chi connectivity index (χ1v) is 12.2. The number of hydrogen-bond donors (Lipinski definition) is 0. The second-order valence-corrected chi connectivity index (χ2v) is 9.36. The van der Waals surface area contributed by atoms with Gasteiger partial charge in [-0.1, -0.05) is 23.7 Å². The summed E-state index contributed by atoms with van der Waals surface area (Å²) in [6, 6.07) is 8.67. The molecule has 38 heavy (non-hydrogen) atoms. The number of methoxy groups -OCH3 is 3. The molecule has 5 rings (SSSR count). The molecule has 1 amide bonds. The summed E-state index contributed by atoms with van der Waals surface area (Å²) in [5, 5.41) is 8.85. The summed E-state index contributed by atoms with van der Waals surface area (Å²) in [7, 11) is 4.48. The summed E-state index contributed by atoms with van der Waals surface area (Å²) < 4.78 is 18.2. The first-order chi connectivity index (χ1) is 18.3. The average molecular weight is 536 g/mol. The number of carbonyl (C=O) groups is 1. The smallest absolute Gasteiger partial charge is 0.319 e. The number of rotatable bonds is 7. The van der Waals surface area contributed by atoms with Crippen LogP contribution < -0.4 is 19.1 Å². The number of benzene rings is 1. The van der Waals surface area contributed by atoms with Gasteiger partial charge in [0.05, 0.1) is 38.3 Å². The topological polar surface area (TPSA) is 117 Å². The van der Waals surface area contributed by atoms with Gasteiger partial charge in [0, 0.05) is 17.3 Å². The lowest BCUT2D eigenvalue weighted by Gasteiger charge is -2.29. The van der Waals surface area contributed by atoms with Gasteiger partial charge in [0.25, 0.3) is 11.8 Å². The van der Waals surface area contributed by atoms with Crippen molar-refractivity contribution in [2.75, 3.05) is 26.2 Å². The molecule has 0 radical (unpaired) electrons.